The van der Waals surface area contributed by atoms with E-state index < -0.39 is 0 Å². The lowest BCUT2D eigenvalue weighted by Gasteiger charge is -2.27. The van der Waals surface area contributed by atoms with E-state index in [1.807, 2.05) is 4.90 Å². The van der Waals surface area contributed by atoms with Gasteiger partial charge in [-0.2, -0.15) is 4.98 Å². The Balaban J connectivity index is 1.48. The first kappa shape index (κ1) is 17.6. The van der Waals surface area contributed by atoms with Gasteiger partial charge in [-0.1, -0.05) is 35.5 Å². The molecule has 1 amide bonds. The summed E-state index contributed by atoms with van der Waals surface area (Å²) in [6.07, 6.45) is 3.24. The third-order valence-corrected chi connectivity index (χ3v) is 4.76. The quantitative estimate of drug-likeness (QED) is 0.773. The second kappa shape index (κ2) is 8.25. The van der Waals surface area contributed by atoms with Crippen LogP contribution < -0.4 is 0 Å². The third-order valence-electron chi connectivity index (χ3n) is 4.76. The molecule has 0 bridgehead atoms. The van der Waals surface area contributed by atoms with Crippen LogP contribution in [0.4, 0.5) is 0 Å². The van der Waals surface area contributed by atoms with Gasteiger partial charge in [0.25, 0.3) is 0 Å². The van der Waals surface area contributed by atoms with Crippen molar-refractivity contribution in [1.29, 1.82) is 0 Å². The lowest BCUT2D eigenvalue weighted by molar-refractivity contribution is -0.131. The van der Waals surface area contributed by atoms with Crippen molar-refractivity contribution < 1.29 is 9.32 Å². The SMILES string of the molecule is CC(=O)N(Cc1noc(C)n1)[C@@H]1CCN(CCCc2ccccc2)C1. The zero-order chi connectivity index (χ0) is 17.6. The number of hydrogen-bond acceptors (Lipinski definition) is 5. The zero-order valence-electron chi connectivity index (χ0n) is 15.0. The van der Waals surface area contributed by atoms with Gasteiger partial charge in [0.1, 0.15) is 0 Å². The maximum Gasteiger partial charge on any atom is 0.223 e. The molecule has 0 radical (unpaired) electrons. The van der Waals surface area contributed by atoms with E-state index in [4.69, 9.17) is 4.52 Å². The molecule has 1 aliphatic heterocycles. The molecule has 3 rings (SSSR count). The van der Waals surface area contributed by atoms with Crippen LogP contribution in [0.15, 0.2) is 34.9 Å². The second-order valence-corrected chi connectivity index (χ2v) is 6.71. The first-order chi connectivity index (χ1) is 12.1. The fraction of sp³-hybridized carbons (Fsp3) is 0.526. The molecule has 1 saturated heterocycles. The maximum atomic E-state index is 12.1. The maximum absolute atomic E-state index is 12.1. The van der Waals surface area contributed by atoms with Crippen molar-refractivity contribution in [2.24, 2.45) is 0 Å². The van der Waals surface area contributed by atoms with Crippen molar-refractivity contribution in [2.45, 2.75) is 45.7 Å². The minimum absolute atomic E-state index is 0.0681. The molecule has 1 aromatic heterocycles. The van der Waals surface area contributed by atoms with Gasteiger partial charge in [0.15, 0.2) is 5.82 Å². The molecule has 0 aliphatic carbocycles. The van der Waals surface area contributed by atoms with E-state index >= 15 is 0 Å². The molecule has 25 heavy (non-hydrogen) atoms. The highest BCUT2D eigenvalue weighted by molar-refractivity contribution is 5.73. The number of rotatable bonds is 7. The van der Waals surface area contributed by atoms with Crippen LogP contribution >= 0.6 is 0 Å². The van der Waals surface area contributed by atoms with Crippen LogP contribution in [0.5, 0.6) is 0 Å². The summed E-state index contributed by atoms with van der Waals surface area (Å²) in [4.78, 5) is 20.6. The van der Waals surface area contributed by atoms with E-state index in [9.17, 15) is 4.79 Å². The first-order valence-corrected chi connectivity index (χ1v) is 8.94. The highest BCUT2D eigenvalue weighted by Gasteiger charge is 2.29. The van der Waals surface area contributed by atoms with Crippen molar-refractivity contribution in [2.75, 3.05) is 19.6 Å². The summed E-state index contributed by atoms with van der Waals surface area (Å²) in [5.41, 5.74) is 1.39. The second-order valence-electron chi connectivity index (χ2n) is 6.71. The minimum atomic E-state index is 0.0681. The molecular formula is C19H26N4O2. The Bertz CT molecular complexity index is 686. The van der Waals surface area contributed by atoms with Gasteiger partial charge in [0, 0.05) is 33.0 Å². The Morgan fingerprint density at radius 1 is 1.36 bits per heavy atom. The normalized spacial score (nSPS) is 17.8. The molecular weight excluding hydrogens is 316 g/mol. The summed E-state index contributed by atoms with van der Waals surface area (Å²) in [5, 5.41) is 3.92. The largest absolute Gasteiger partial charge is 0.340 e. The minimum Gasteiger partial charge on any atom is -0.340 e. The highest BCUT2D eigenvalue weighted by atomic mass is 16.5. The summed E-state index contributed by atoms with van der Waals surface area (Å²) in [5.74, 6) is 1.18. The van der Waals surface area contributed by atoms with Crippen LogP contribution in [0.25, 0.3) is 0 Å². The molecule has 0 unspecified atom stereocenters. The van der Waals surface area contributed by atoms with Gasteiger partial charge < -0.3 is 14.3 Å². The number of amides is 1. The molecule has 6 nitrogen and oxygen atoms in total. The molecule has 1 aliphatic rings. The van der Waals surface area contributed by atoms with Crippen LogP contribution in [0.1, 0.15) is 37.0 Å². The van der Waals surface area contributed by atoms with Gasteiger partial charge in [-0.25, -0.2) is 0 Å². The Labute approximate surface area is 148 Å². The van der Waals surface area contributed by atoms with Gasteiger partial charge in [0.05, 0.1) is 6.54 Å². The first-order valence-electron chi connectivity index (χ1n) is 8.94. The predicted octanol–water partition coefficient (Wildman–Crippen LogP) is 2.43. The van der Waals surface area contributed by atoms with E-state index in [0.717, 1.165) is 38.9 Å². The summed E-state index contributed by atoms with van der Waals surface area (Å²) in [7, 11) is 0. The summed E-state index contributed by atoms with van der Waals surface area (Å²) < 4.78 is 5.01. The van der Waals surface area contributed by atoms with Gasteiger partial charge >= 0.3 is 0 Å². The van der Waals surface area contributed by atoms with E-state index in [1.54, 1.807) is 13.8 Å². The Kier molecular flexibility index (Phi) is 5.81. The number of hydrogen-bond donors (Lipinski definition) is 0. The number of aromatic nitrogens is 2. The molecule has 134 valence electrons. The fourth-order valence-electron chi connectivity index (χ4n) is 3.48. The van der Waals surface area contributed by atoms with Crippen LogP contribution in [-0.2, 0) is 17.8 Å². The van der Waals surface area contributed by atoms with Gasteiger partial charge in [-0.15, -0.1) is 0 Å². The fourth-order valence-corrected chi connectivity index (χ4v) is 3.48. The van der Waals surface area contributed by atoms with Crippen LogP contribution in [0.3, 0.4) is 0 Å². The number of benzene rings is 1. The molecule has 0 spiro atoms. The average Bonchev–Trinajstić information content (AvgIpc) is 3.22. The molecule has 1 fully saturated rings. The van der Waals surface area contributed by atoms with Gasteiger partial charge in [-0.05, 0) is 31.4 Å². The average molecular weight is 342 g/mol. The number of nitrogens with zero attached hydrogens (tertiary/aromatic N) is 4. The lowest BCUT2D eigenvalue weighted by atomic mass is 10.1. The third kappa shape index (κ3) is 4.89. The van der Waals surface area contributed by atoms with E-state index in [0.29, 0.717) is 18.3 Å². The highest BCUT2D eigenvalue weighted by Crippen LogP contribution is 2.18. The lowest BCUT2D eigenvalue weighted by Crippen LogP contribution is -2.40. The molecule has 6 heteroatoms. The summed E-state index contributed by atoms with van der Waals surface area (Å²) in [6, 6.07) is 10.8. The molecule has 1 aromatic carbocycles. The van der Waals surface area contributed by atoms with Crippen LogP contribution in [0.2, 0.25) is 0 Å². The van der Waals surface area contributed by atoms with E-state index in [2.05, 4.69) is 45.4 Å². The molecule has 1 atom stereocenters. The molecule has 2 aromatic rings. The smallest absolute Gasteiger partial charge is 0.223 e. The van der Waals surface area contributed by atoms with Crippen molar-refractivity contribution in [3.05, 3.63) is 47.6 Å². The predicted molar refractivity (Wildman–Crippen MR) is 94.9 cm³/mol. The number of aryl methyl sites for hydroxylation is 2. The molecule has 0 saturated carbocycles. The number of likely N-dealkylation sites (tertiary alicyclic amines) is 1. The Hall–Kier alpha value is -2.21. The topological polar surface area (TPSA) is 62.5 Å². The van der Waals surface area contributed by atoms with Crippen molar-refractivity contribution in [3.8, 4) is 0 Å². The van der Waals surface area contributed by atoms with Crippen LogP contribution in [-0.4, -0.2) is 51.5 Å². The van der Waals surface area contributed by atoms with Gasteiger partial charge in [-0.3, -0.25) is 4.79 Å². The van der Waals surface area contributed by atoms with Crippen molar-refractivity contribution in [1.82, 2.24) is 19.9 Å². The standard InChI is InChI=1S/C19H26N4O2/c1-15-20-19(21-25-15)14-23(16(2)24)18-10-12-22(13-18)11-6-9-17-7-4-3-5-8-17/h3-5,7-8,18H,6,9-14H2,1-2H3/t18-/m1/s1. The summed E-state index contributed by atoms with van der Waals surface area (Å²) >= 11 is 0. The van der Waals surface area contributed by atoms with Crippen molar-refractivity contribution in [3.63, 3.8) is 0 Å². The molecule has 2 heterocycles. The Morgan fingerprint density at radius 3 is 2.84 bits per heavy atom. The molecule has 0 N–H and O–H groups in total. The van der Waals surface area contributed by atoms with E-state index in [1.165, 1.54) is 5.56 Å². The summed E-state index contributed by atoms with van der Waals surface area (Å²) in [6.45, 7) is 6.83. The monoisotopic (exact) mass is 342 g/mol. The van der Waals surface area contributed by atoms with Gasteiger partial charge in [0.2, 0.25) is 11.8 Å². The number of carbonyl (C=O) groups excluding carboxylic acids is 1. The number of carbonyl (C=O) groups is 1. The van der Waals surface area contributed by atoms with Crippen LogP contribution in [0, 0.1) is 6.92 Å². The zero-order valence-corrected chi connectivity index (χ0v) is 15.0. The van der Waals surface area contributed by atoms with Crippen molar-refractivity contribution >= 4 is 5.91 Å². The van der Waals surface area contributed by atoms with E-state index in [-0.39, 0.29) is 11.9 Å². The Morgan fingerprint density at radius 2 is 2.16 bits per heavy atom.